The first-order valence-electron chi connectivity index (χ1n) is 5.69. The Balaban J connectivity index is 2.16. The Labute approximate surface area is 100 Å². The molecular weight excluding hydrogens is 223 g/mol. The number of hydrogen-bond donors (Lipinski definition) is 1. The summed E-state index contributed by atoms with van der Waals surface area (Å²) >= 11 is 1.78. The summed E-state index contributed by atoms with van der Waals surface area (Å²) < 4.78 is 13.5. The van der Waals surface area contributed by atoms with Gasteiger partial charge in [0.1, 0.15) is 5.82 Å². The van der Waals surface area contributed by atoms with Gasteiger partial charge in [-0.05, 0) is 30.2 Å². The predicted molar refractivity (Wildman–Crippen MR) is 66.2 cm³/mol. The van der Waals surface area contributed by atoms with Crippen molar-refractivity contribution in [1.82, 2.24) is 0 Å². The van der Waals surface area contributed by atoms with Crippen LogP contribution >= 0.6 is 11.8 Å². The van der Waals surface area contributed by atoms with E-state index in [9.17, 15) is 9.50 Å². The van der Waals surface area contributed by atoms with Crippen molar-refractivity contribution in [3.8, 4) is 0 Å². The number of thioether (sulfide) groups is 1. The summed E-state index contributed by atoms with van der Waals surface area (Å²) in [5.74, 6) is 0.888. The molecular formula is C13H17FOS. The number of halogens is 1. The van der Waals surface area contributed by atoms with E-state index >= 15 is 0 Å². The van der Waals surface area contributed by atoms with E-state index < -0.39 is 5.60 Å². The maximum Gasteiger partial charge on any atom is 0.126 e. The Morgan fingerprint density at radius 1 is 1.50 bits per heavy atom. The van der Waals surface area contributed by atoms with Crippen molar-refractivity contribution in [3.63, 3.8) is 0 Å². The maximum absolute atomic E-state index is 13.5. The summed E-state index contributed by atoms with van der Waals surface area (Å²) in [6.07, 6.45) is 2.21. The van der Waals surface area contributed by atoms with Crippen molar-refractivity contribution in [2.45, 2.75) is 37.0 Å². The molecule has 1 aliphatic rings. The molecule has 0 bridgehead atoms. The fourth-order valence-electron chi connectivity index (χ4n) is 2.20. The Morgan fingerprint density at radius 2 is 2.25 bits per heavy atom. The van der Waals surface area contributed by atoms with Crippen molar-refractivity contribution >= 4 is 11.8 Å². The first kappa shape index (κ1) is 11.9. The molecule has 2 rings (SSSR count). The van der Waals surface area contributed by atoms with Crippen LogP contribution in [0.2, 0.25) is 0 Å². The molecule has 0 saturated carbocycles. The van der Waals surface area contributed by atoms with Crippen molar-refractivity contribution in [2.75, 3.05) is 5.75 Å². The van der Waals surface area contributed by atoms with Crippen molar-refractivity contribution in [3.05, 3.63) is 35.6 Å². The largest absolute Gasteiger partial charge is 0.388 e. The Kier molecular flexibility index (Phi) is 3.55. The van der Waals surface area contributed by atoms with Crippen LogP contribution in [0.5, 0.6) is 0 Å². The number of benzene rings is 1. The van der Waals surface area contributed by atoms with E-state index in [0.29, 0.717) is 12.0 Å². The summed E-state index contributed by atoms with van der Waals surface area (Å²) in [4.78, 5) is 0. The molecule has 2 atom stereocenters. The van der Waals surface area contributed by atoms with E-state index in [1.54, 1.807) is 23.9 Å². The molecule has 1 fully saturated rings. The van der Waals surface area contributed by atoms with Gasteiger partial charge in [-0.25, -0.2) is 4.39 Å². The van der Waals surface area contributed by atoms with E-state index in [4.69, 9.17) is 0 Å². The van der Waals surface area contributed by atoms with Crippen LogP contribution in [-0.2, 0) is 6.42 Å². The Morgan fingerprint density at radius 3 is 2.94 bits per heavy atom. The van der Waals surface area contributed by atoms with E-state index in [-0.39, 0.29) is 11.1 Å². The molecule has 88 valence electrons. The lowest BCUT2D eigenvalue weighted by Gasteiger charge is -2.37. The number of rotatable bonds is 2. The Bertz CT molecular complexity index is 369. The molecule has 2 unspecified atom stereocenters. The monoisotopic (exact) mass is 240 g/mol. The van der Waals surface area contributed by atoms with Gasteiger partial charge < -0.3 is 5.11 Å². The van der Waals surface area contributed by atoms with E-state index in [0.717, 1.165) is 18.6 Å². The fourth-order valence-corrected chi connectivity index (χ4v) is 3.38. The number of hydrogen-bond acceptors (Lipinski definition) is 2. The second-order valence-corrected chi connectivity index (χ2v) is 5.94. The standard InChI is InChI=1S/C13H17FOS/c1-10-13(15,7-4-8-16-10)9-11-5-2-3-6-12(11)14/h2-3,5-6,10,15H,4,7-9H2,1H3. The van der Waals surface area contributed by atoms with Gasteiger partial charge in [0.2, 0.25) is 0 Å². The zero-order chi connectivity index (χ0) is 11.6. The summed E-state index contributed by atoms with van der Waals surface area (Å²) in [7, 11) is 0. The fraction of sp³-hybridized carbons (Fsp3) is 0.538. The minimum Gasteiger partial charge on any atom is -0.388 e. The molecule has 1 nitrogen and oxygen atoms in total. The molecule has 1 aromatic carbocycles. The Hall–Kier alpha value is -0.540. The summed E-state index contributed by atoms with van der Waals surface area (Å²) in [6.45, 7) is 2.03. The molecule has 0 radical (unpaired) electrons. The smallest absolute Gasteiger partial charge is 0.126 e. The van der Waals surface area contributed by atoms with Gasteiger partial charge in [0.25, 0.3) is 0 Å². The highest BCUT2D eigenvalue weighted by Gasteiger charge is 2.37. The van der Waals surface area contributed by atoms with Gasteiger partial charge in [0.05, 0.1) is 5.60 Å². The maximum atomic E-state index is 13.5. The normalized spacial score (nSPS) is 30.3. The van der Waals surface area contributed by atoms with Crippen LogP contribution in [-0.4, -0.2) is 21.7 Å². The van der Waals surface area contributed by atoms with Crippen molar-refractivity contribution in [2.24, 2.45) is 0 Å². The van der Waals surface area contributed by atoms with Gasteiger partial charge in [-0.3, -0.25) is 0 Å². The topological polar surface area (TPSA) is 20.2 Å². The molecule has 1 N–H and O–H groups in total. The molecule has 1 saturated heterocycles. The SMILES string of the molecule is CC1SCCCC1(O)Cc1ccccc1F. The average molecular weight is 240 g/mol. The van der Waals surface area contributed by atoms with Gasteiger partial charge in [-0.2, -0.15) is 11.8 Å². The van der Waals surface area contributed by atoms with Gasteiger partial charge in [0.15, 0.2) is 0 Å². The lowest BCUT2D eigenvalue weighted by atomic mass is 9.87. The van der Waals surface area contributed by atoms with Crippen LogP contribution in [0.15, 0.2) is 24.3 Å². The third-order valence-electron chi connectivity index (χ3n) is 3.33. The highest BCUT2D eigenvalue weighted by atomic mass is 32.2. The van der Waals surface area contributed by atoms with Gasteiger partial charge in [-0.15, -0.1) is 0 Å². The summed E-state index contributed by atoms with van der Waals surface area (Å²) in [5.41, 5.74) is -0.121. The van der Waals surface area contributed by atoms with Crippen molar-refractivity contribution in [1.29, 1.82) is 0 Å². The molecule has 1 aliphatic heterocycles. The zero-order valence-electron chi connectivity index (χ0n) is 9.45. The van der Waals surface area contributed by atoms with Crippen LogP contribution in [0.4, 0.5) is 4.39 Å². The van der Waals surface area contributed by atoms with E-state index in [1.165, 1.54) is 6.07 Å². The molecule has 3 heteroatoms. The highest BCUT2D eigenvalue weighted by molar-refractivity contribution is 8.00. The van der Waals surface area contributed by atoms with Crippen LogP contribution in [0.1, 0.15) is 25.3 Å². The quantitative estimate of drug-likeness (QED) is 0.857. The third kappa shape index (κ3) is 2.41. The zero-order valence-corrected chi connectivity index (χ0v) is 10.3. The molecule has 0 aliphatic carbocycles. The molecule has 0 amide bonds. The molecule has 1 aromatic rings. The van der Waals surface area contributed by atoms with E-state index in [2.05, 4.69) is 0 Å². The second-order valence-electron chi connectivity index (χ2n) is 4.49. The van der Waals surface area contributed by atoms with Crippen molar-refractivity contribution < 1.29 is 9.50 Å². The lowest BCUT2D eigenvalue weighted by molar-refractivity contribution is 0.0290. The summed E-state index contributed by atoms with van der Waals surface area (Å²) in [6, 6.07) is 6.73. The molecule has 1 heterocycles. The van der Waals surface area contributed by atoms with E-state index in [1.807, 2.05) is 13.0 Å². The first-order valence-corrected chi connectivity index (χ1v) is 6.74. The summed E-state index contributed by atoms with van der Waals surface area (Å²) in [5, 5.41) is 10.7. The minimum absolute atomic E-state index is 0.181. The highest BCUT2D eigenvalue weighted by Crippen LogP contribution is 2.36. The molecule has 0 aromatic heterocycles. The molecule has 0 spiro atoms. The van der Waals surface area contributed by atoms with Crippen LogP contribution < -0.4 is 0 Å². The van der Waals surface area contributed by atoms with Gasteiger partial charge in [0, 0.05) is 11.7 Å². The molecule has 16 heavy (non-hydrogen) atoms. The van der Waals surface area contributed by atoms with Crippen LogP contribution in [0.3, 0.4) is 0 Å². The third-order valence-corrected chi connectivity index (χ3v) is 4.80. The lowest BCUT2D eigenvalue weighted by Crippen LogP contribution is -2.43. The van der Waals surface area contributed by atoms with Crippen LogP contribution in [0, 0.1) is 5.82 Å². The van der Waals surface area contributed by atoms with Gasteiger partial charge in [-0.1, -0.05) is 25.1 Å². The minimum atomic E-state index is -0.745. The van der Waals surface area contributed by atoms with Gasteiger partial charge >= 0.3 is 0 Å². The number of aliphatic hydroxyl groups is 1. The average Bonchev–Trinajstić information content (AvgIpc) is 2.26. The van der Waals surface area contributed by atoms with Crippen LogP contribution in [0.25, 0.3) is 0 Å². The second kappa shape index (κ2) is 4.76. The predicted octanol–water partition coefficient (Wildman–Crippen LogP) is 3.01. The first-order chi connectivity index (χ1) is 7.62.